The largest absolute Gasteiger partial charge is 0.486 e. The van der Waals surface area contributed by atoms with Gasteiger partial charge in [0, 0.05) is 18.2 Å². The molecule has 1 aromatic carbocycles. The van der Waals surface area contributed by atoms with Crippen LogP contribution in [0.5, 0.6) is 11.5 Å². The van der Waals surface area contributed by atoms with Crippen LogP contribution < -0.4 is 14.8 Å². The first-order chi connectivity index (χ1) is 10.6. The maximum absolute atomic E-state index is 12.0. The summed E-state index contributed by atoms with van der Waals surface area (Å²) in [6.45, 7) is 6.72. The molecule has 0 bridgehead atoms. The van der Waals surface area contributed by atoms with Gasteiger partial charge in [0.25, 0.3) is 0 Å². The van der Waals surface area contributed by atoms with Crippen LogP contribution in [-0.2, 0) is 20.0 Å². The van der Waals surface area contributed by atoms with Gasteiger partial charge in [-0.2, -0.15) is 0 Å². The van der Waals surface area contributed by atoms with E-state index in [0.717, 1.165) is 11.8 Å². The van der Waals surface area contributed by atoms with Gasteiger partial charge in [-0.05, 0) is 24.6 Å². The smallest absolute Gasteiger partial charge is 0.238 e. The van der Waals surface area contributed by atoms with Gasteiger partial charge in [0.2, 0.25) is 5.91 Å². The highest BCUT2D eigenvalue weighted by atomic mass is 32.2. The Morgan fingerprint density at radius 2 is 1.87 bits per heavy atom. The Labute approximate surface area is 137 Å². The Morgan fingerprint density at radius 3 is 2.48 bits per heavy atom. The minimum atomic E-state index is -3.40. The first kappa shape index (κ1) is 17.6. The van der Waals surface area contributed by atoms with E-state index in [0.29, 0.717) is 31.3 Å². The van der Waals surface area contributed by atoms with Crippen LogP contribution in [0.25, 0.3) is 0 Å². The van der Waals surface area contributed by atoms with Crippen molar-refractivity contribution < 1.29 is 22.7 Å². The molecule has 1 heterocycles. The first-order valence-electron chi connectivity index (χ1n) is 7.48. The number of hydrogen-bond donors (Lipinski definition) is 1. The Morgan fingerprint density at radius 1 is 1.26 bits per heavy atom. The third kappa shape index (κ3) is 4.16. The van der Waals surface area contributed by atoms with Crippen molar-refractivity contribution >= 4 is 15.7 Å². The summed E-state index contributed by atoms with van der Waals surface area (Å²) in [5.41, 5.74) is 0.608. The number of sulfone groups is 1. The second-order valence-corrected chi connectivity index (χ2v) is 8.80. The van der Waals surface area contributed by atoms with Gasteiger partial charge >= 0.3 is 0 Å². The molecule has 1 unspecified atom stereocenters. The van der Waals surface area contributed by atoms with Gasteiger partial charge in [-0.25, -0.2) is 8.42 Å². The molecule has 0 fully saturated rings. The molecule has 0 saturated carbocycles. The first-order valence-corrected chi connectivity index (χ1v) is 9.43. The minimum Gasteiger partial charge on any atom is -0.486 e. The summed E-state index contributed by atoms with van der Waals surface area (Å²) in [6.07, 6.45) is 1.06. The molecule has 1 amide bonds. The molecular formula is C16H23NO5S. The van der Waals surface area contributed by atoms with Gasteiger partial charge in [0.15, 0.2) is 21.3 Å². The van der Waals surface area contributed by atoms with Crippen LogP contribution in [0.4, 0.5) is 0 Å². The predicted octanol–water partition coefficient (Wildman–Crippen LogP) is 1.28. The number of carbonyl (C=O) groups is 1. The third-order valence-electron chi connectivity index (χ3n) is 4.04. The van der Waals surface area contributed by atoms with Crippen molar-refractivity contribution in [2.75, 3.05) is 26.0 Å². The number of rotatable bonds is 5. The Kier molecular flexibility index (Phi) is 4.89. The molecule has 6 nitrogen and oxygen atoms in total. The summed E-state index contributed by atoms with van der Waals surface area (Å²) in [4.78, 5) is 12.0. The molecule has 0 radical (unpaired) electrons. The fourth-order valence-electron chi connectivity index (χ4n) is 2.21. The van der Waals surface area contributed by atoms with Gasteiger partial charge in [0.1, 0.15) is 18.5 Å². The lowest BCUT2D eigenvalue weighted by Crippen LogP contribution is -2.43. The van der Waals surface area contributed by atoms with Gasteiger partial charge in [0.05, 0.1) is 0 Å². The van der Waals surface area contributed by atoms with E-state index in [1.807, 2.05) is 32.0 Å². The van der Waals surface area contributed by atoms with Crippen molar-refractivity contribution in [3.8, 4) is 11.5 Å². The molecule has 1 N–H and O–H groups in total. The highest BCUT2D eigenvalue weighted by Gasteiger charge is 2.28. The Bertz CT molecular complexity index is 696. The molecular weight excluding hydrogens is 318 g/mol. The quantitative estimate of drug-likeness (QED) is 0.872. The van der Waals surface area contributed by atoms with Crippen LogP contribution in [0, 0.1) is 0 Å². The summed E-state index contributed by atoms with van der Waals surface area (Å²) in [5, 5.41) is 1.66. The molecule has 1 aromatic rings. The molecule has 0 aromatic heterocycles. The van der Waals surface area contributed by atoms with Crippen molar-refractivity contribution in [1.82, 2.24) is 5.32 Å². The number of fused-ring (bicyclic) bond motifs is 1. The van der Waals surface area contributed by atoms with E-state index >= 15 is 0 Å². The number of nitrogens with one attached hydrogen (secondary N) is 1. The van der Waals surface area contributed by atoms with E-state index in [-0.39, 0.29) is 5.41 Å². The second-order valence-electron chi connectivity index (χ2n) is 6.43. The summed E-state index contributed by atoms with van der Waals surface area (Å²) in [6, 6.07) is 5.69. The minimum absolute atomic E-state index is 0.325. The average molecular weight is 341 g/mol. The van der Waals surface area contributed by atoms with Gasteiger partial charge in [-0.15, -0.1) is 0 Å². The number of hydrogen-bond acceptors (Lipinski definition) is 5. The second kappa shape index (κ2) is 6.39. The number of amides is 1. The molecule has 0 saturated heterocycles. The van der Waals surface area contributed by atoms with E-state index in [2.05, 4.69) is 5.32 Å². The standard InChI is InChI=1S/C16H23NO5S/c1-11(23(4,19)20)15(18)17-10-16(2,3)12-5-6-13-14(9-12)22-8-7-21-13/h5-6,9,11H,7-8,10H2,1-4H3,(H,17,18). The maximum atomic E-state index is 12.0. The van der Waals surface area contributed by atoms with Crippen molar-refractivity contribution in [1.29, 1.82) is 0 Å². The zero-order valence-corrected chi connectivity index (χ0v) is 14.7. The number of carbonyl (C=O) groups excluding carboxylic acids is 1. The molecule has 23 heavy (non-hydrogen) atoms. The van der Waals surface area contributed by atoms with Crippen LogP contribution in [0.2, 0.25) is 0 Å². The van der Waals surface area contributed by atoms with Gasteiger partial charge < -0.3 is 14.8 Å². The highest BCUT2D eigenvalue weighted by molar-refractivity contribution is 7.92. The monoisotopic (exact) mass is 341 g/mol. The zero-order chi connectivity index (χ0) is 17.3. The zero-order valence-electron chi connectivity index (χ0n) is 13.9. The Hall–Kier alpha value is -1.76. The van der Waals surface area contributed by atoms with Crippen LogP contribution >= 0.6 is 0 Å². The molecule has 2 rings (SSSR count). The summed E-state index contributed by atoms with van der Waals surface area (Å²) in [7, 11) is -3.40. The fraction of sp³-hybridized carbons (Fsp3) is 0.562. The van der Waals surface area contributed by atoms with Crippen molar-refractivity contribution in [2.24, 2.45) is 0 Å². The van der Waals surface area contributed by atoms with E-state index < -0.39 is 21.0 Å². The summed E-state index contributed by atoms with van der Waals surface area (Å²) >= 11 is 0. The maximum Gasteiger partial charge on any atom is 0.238 e. The molecule has 1 aliphatic rings. The van der Waals surface area contributed by atoms with Crippen LogP contribution in [0.15, 0.2) is 18.2 Å². The Balaban J connectivity index is 2.08. The number of benzene rings is 1. The molecule has 128 valence electrons. The van der Waals surface area contributed by atoms with Crippen molar-refractivity contribution in [2.45, 2.75) is 31.4 Å². The van der Waals surface area contributed by atoms with E-state index in [4.69, 9.17) is 9.47 Å². The summed E-state index contributed by atoms with van der Waals surface area (Å²) < 4.78 is 33.9. The molecule has 1 aliphatic heterocycles. The highest BCUT2D eigenvalue weighted by Crippen LogP contribution is 2.34. The van der Waals surface area contributed by atoms with Crippen molar-refractivity contribution in [3.63, 3.8) is 0 Å². The molecule has 7 heteroatoms. The lowest BCUT2D eigenvalue weighted by Gasteiger charge is -2.28. The fourth-order valence-corrected chi connectivity index (χ4v) is 2.68. The lowest BCUT2D eigenvalue weighted by molar-refractivity contribution is -0.120. The van der Waals surface area contributed by atoms with E-state index in [1.54, 1.807) is 0 Å². The predicted molar refractivity (Wildman–Crippen MR) is 87.8 cm³/mol. The van der Waals surface area contributed by atoms with E-state index in [9.17, 15) is 13.2 Å². The number of ether oxygens (including phenoxy) is 2. The topological polar surface area (TPSA) is 81.7 Å². The molecule has 0 aliphatic carbocycles. The summed E-state index contributed by atoms with van der Waals surface area (Å²) in [5.74, 6) is 0.918. The van der Waals surface area contributed by atoms with Crippen LogP contribution in [0.3, 0.4) is 0 Å². The van der Waals surface area contributed by atoms with Crippen molar-refractivity contribution in [3.05, 3.63) is 23.8 Å². The van der Waals surface area contributed by atoms with Crippen LogP contribution in [0.1, 0.15) is 26.3 Å². The lowest BCUT2D eigenvalue weighted by atomic mass is 9.84. The third-order valence-corrected chi connectivity index (χ3v) is 5.54. The molecule has 0 spiro atoms. The van der Waals surface area contributed by atoms with Gasteiger partial charge in [-0.1, -0.05) is 19.9 Å². The average Bonchev–Trinajstić information content (AvgIpc) is 2.50. The van der Waals surface area contributed by atoms with Gasteiger partial charge in [-0.3, -0.25) is 4.79 Å². The SMILES string of the molecule is CC(C(=O)NCC(C)(C)c1ccc2c(c1)OCCO2)S(C)(=O)=O. The normalized spacial score (nSPS) is 15.8. The van der Waals surface area contributed by atoms with E-state index in [1.165, 1.54) is 6.92 Å². The van der Waals surface area contributed by atoms with Crippen LogP contribution in [-0.4, -0.2) is 45.6 Å². The molecule has 1 atom stereocenters.